The van der Waals surface area contributed by atoms with Crippen molar-refractivity contribution in [2.75, 3.05) is 20.1 Å². The Kier molecular flexibility index (Phi) is 16.0. The first-order valence-electron chi connectivity index (χ1n) is 15.5. The van der Waals surface area contributed by atoms with Gasteiger partial charge in [-0.3, -0.25) is 24.0 Å². The Morgan fingerprint density at radius 1 is 1.11 bits per heavy atom. The van der Waals surface area contributed by atoms with Crippen LogP contribution in [-0.2, 0) is 46.6 Å². The van der Waals surface area contributed by atoms with Gasteiger partial charge in [-0.25, -0.2) is 0 Å². The first kappa shape index (κ1) is 38.0. The SMILES string of the molecule is C=C(O)C1CC(O)CC(Oc2ccc(COC(C)=O)cc2CNC(=O)CCNC(=O)C(CCCC)NC(=O)CCN(C)C(C)=O)O1. The van der Waals surface area contributed by atoms with E-state index in [1.54, 1.807) is 25.2 Å². The number of hydrogen-bond acceptors (Lipinski definition) is 10. The number of nitrogens with zero attached hydrogens (tertiary/aromatic N) is 1. The van der Waals surface area contributed by atoms with Crippen LogP contribution in [0.15, 0.2) is 30.5 Å². The number of aliphatic hydroxyl groups is 2. The molecule has 1 fully saturated rings. The van der Waals surface area contributed by atoms with E-state index in [1.807, 2.05) is 6.92 Å². The molecule has 0 aliphatic carbocycles. The Hall–Kier alpha value is -4.17. The van der Waals surface area contributed by atoms with Crippen LogP contribution in [-0.4, -0.2) is 89.4 Å². The fourth-order valence-electron chi connectivity index (χ4n) is 4.53. The molecule has 0 bridgehead atoms. The van der Waals surface area contributed by atoms with E-state index in [-0.39, 0.29) is 75.4 Å². The normalized spacial score (nSPS) is 18.1. The lowest BCUT2D eigenvalue weighted by molar-refractivity contribution is -0.172. The lowest BCUT2D eigenvalue weighted by Crippen LogP contribution is -2.47. The van der Waals surface area contributed by atoms with Crippen LogP contribution in [0.5, 0.6) is 5.75 Å². The summed E-state index contributed by atoms with van der Waals surface area (Å²) in [5, 5.41) is 28.2. The highest BCUT2D eigenvalue weighted by molar-refractivity contribution is 5.88. The molecule has 0 radical (unpaired) electrons. The molecular weight excluding hydrogens is 600 g/mol. The van der Waals surface area contributed by atoms with E-state index in [9.17, 15) is 34.2 Å². The standard InChI is InChI=1S/C32H48N4O10/c1-6-7-8-26(35-30(42)12-14-36(5)21(3)38)32(43)33-13-11-29(41)34-18-24-15-23(19-44-22(4)39)9-10-27(24)45-31-17-25(40)16-28(46-31)20(2)37/h9-10,15,25-26,28,31,37,40H,2,6-8,11-14,16-19H2,1,3-5H3,(H,33,43)(H,34,41)(H,35,42). The third-order valence-corrected chi connectivity index (χ3v) is 7.30. The summed E-state index contributed by atoms with van der Waals surface area (Å²) in [4.78, 5) is 62.1. The predicted molar refractivity (Wildman–Crippen MR) is 167 cm³/mol. The smallest absolute Gasteiger partial charge is 0.302 e. The van der Waals surface area contributed by atoms with Crippen LogP contribution in [0.1, 0.15) is 76.8 Å². The fraction of sp³-hybridized carbons (Fsp3) is 0.594. The van der Waals surface area contributed by atoms with Gasteiger partial charge in [-0.05, 0) is 24.1 Å². The van der Waals surface area contributed by atoms with Crippen molar-refractivity contribution < 1.29 is 48.4 Å². The van der Waals surface area contributed by atoms with Gasteiger partial charge in [0.2, 0.25) is 29.9 Å². The maximum Gasteiger partial charge on any atom is 0.302 e. The number of nitrogens with one attached hydrogen (secondary N) is 3. The summed E-state index contributed by atoms with van der Waals surface area (Å²) in [6.07, 6.45) is -0.127. The van der Waals surface area contributed by atoms with Gasteiger partial charge >= 0.3 is 5.97 Å². The average Bonchev–Trinajstić information content (AvgIpc) is 3.00. The first-order chi connectivity index (χ1) is 21.8. The zero-order chi connectivity index (χ0) is 34.2. The van der Waals surface area contributed by atoms with E-state index in [0.717, 1.165) is 6.42 Å². The van der Waals surface area contributed by atoms with Gasteiger partial charge in [0.25, 0.3) is 0 Å². The zero-order valence-corrected chi connectivity index (χ0v) is 27.1. The molecule has 1 saturated heterocycles. The monoisotopic (exact) mass is 648 g/mol. The molecule has 1 aliphatic heterocycles. The van der Waals surface area contributed by atoms with Gasteiger partial charge in [0, 0.05) is 71.8 Å². The van der Waals surface area contributed by atoms with Crippen LogP contribution in [0.2, 0.25) is 0 Å². The van der Waals surface area contributed by atoms with E-state index in [1.165, 1.54) is 18.7 Å². The number of hydrogen-bond donors (Lipinski definition) is 5. The third-order valence-electron chi connectivity index (χ3n) is 7.30. The maximum atomic E-state index is 12.8. The summed E-state index contributed by atoms with van der Waals surface area (Å²) >= 11 is 0. The highest BCUT2D eigenvalue weighted by Gasteiger charge is 2.32. The molecule has 14 heteroatoms. The van der Waals surface area contributed by atoms with Crippen LogP contribution in [0, 0.1) is 0 Å². The fourth-order valence-corrected chi connectivity index (χ4v) is 4.53. The molecule has 1 aromatic rings. The molecule has 2 rings (SSSR count). The second kappa shape index (κ2) is 19.4. The van der Waals surface area contributed by atoms with Crippen LogP contribution in [0.4, 0.5) is 0 Å². The number of carbonyl (C=O) groups excluding carboxylic acids is 5. The highest BCUT2D eigenvalue weighted by atomic mass is 16.7. The molecule has 0 spiro atoms. The van der Waals surface area contributed by atoms with Gasteiger partial charge in [0.1, 0.15) is 30.3 Å². The lowest BCUT2D eigenvalue weighted by atomic mass is 10.0. The second-order valence-corrected chi connectivity index (χ2v) is 11.3. The minimum Gasteiger partial charge on any atom is -0.510 e. The third kappa shape index (κ3) is 13.9. The zero-order valence-electron chi connectivity index (χ0n) is 27.1. The summed E-state index contributed by atoms with van der Waals surface area (Å²) in [5.74, 6) is -1.59. The highest BCUT2D eigenvalue weighted by Crippen LogP contribution is 2.28. The summed E-state index contributed by atoms with van der Waals surface area (Å²) in [6, 6.07) is 4.27. The quantitative estimate of drug-likeness (QED) is 0.116. The Bertz CT molecular complexity index is 1220. The van der Waals surface area contributed by atoms with Crippen molar-refractivity contribution >= 4 is 29.6 Å². The van der Waals surface area contributed by atoms with Gasteiger partial charge in [-0.2, -0.15) is 0 Å². The number of unbranched alkanes of at least 4 members (excludes halogenated alkanes) is 1. The van der Waals surface area contributed by atoms with Gasteiger partial charge in [-0.1, -0.05) is 32.4 Å². The molecule has 4 amide bonds. The Balaban J connectivity index is 1.97. The molecule has 1 heterocycles. The van der Waals surface area contributed by atoms with Crippen molar-refractivity contribution in [2.24, 2.45) is 0 Å². The van der Waals surface area contributed by atoms with E-state index >= 15 is 0 Å². The first-order valence-corrected chi connectivity index (χ1v) is 15.5. The van der Waals surface area contributed by atoms with Gasteiger partial charge in [0.05, 0.1) is 6.10 Å². The van der Waals surface area contributed by atoms with Crippen molar-refractivity contribution in [3.63, 3.8) is 0 Å². The molecule has 0 aromatic heterocycles. The summed E-state index contributed by atoms with van der Waals surface area (Å²) < 4.78 is 16.8. The topological polar surface area (TPSA) is 193 Å². The molecule has 4 atom stereocenters. The van der Waals surface area contributed by atoms with E-state index in [2.05, 4.69) is 22.5 Å². The Morgan fingerprint density at radius 3 is 2.50 bits per heavy atom. The second-order valence-electron chi connectivity index (χ2n) is 11.3. The van der Waals surface area contributed by atoms with Crippen molar-refractivity contribution in [1.82, 2.24) is 20.9 Å². The van der Waals surface area contributed by atoms with E-state index < -0.39 is 36.4 Å². The van der Waals surface area contributed by atoms with Crippen molar-refractivity contribution in [3.05, 3.63) is 41.7 Å². The van der Waals surface area contributed by atoms with Crippen LogP contribution < -0.4 is 20.7 Å². The van der Waals surface area contributed by atoms with Gasteiger partial charge in [-0.15, -0.1) is 0 Å². The van der Waals surface area contributed by atoms with E-state index in [0.29, 0.717) is 29.7 Å². The van der Waals surface area contributed by atoms with Crippen molar-refractivity contribution in [3.8, 4) is 5.75 Å². The van der Waals surface area contributed by atoms with Crippen LogP contribution in [0.3, 0.4) is 0 Å². The lowest BCUT2D eigenvalue weighted by Gasteiger charge is -2.33. The Morgan fingerprint density at radius 2 is 1.85 bits per heavy atom. The largest absolute Gasteiger partial charge is 0.510 e. The van der Waals surface area contributed by atoms with Crippen molar-refractivity contribution in [2.45, 2.75) is 103 Å². The molecule has 4 unspecified atom stereocenters. The van der Waals surface area contributed by atoms with Gasteiger partial charge < -0.3 is 45.3 Å². The number of benzene rings is 1. The molecule has 46 heavy (non-hydrogen) atoms. The molecule has 14 nitrogen and oxygen atoms in total. The maximum absolute atomic E-state index is 12.8. The minimum atomic E-state index is -0.891. The van der Waals surface area contributed by atoms with Crippen molar-refractivity contribution in [1.29, 1.82) is 0 Å². The number of amides is 4. The molecule has 0 saturated carbocycles. The van der Waals surface area contributed by atoms with Crippen LogP contribution in [0.25, 0.3) is 0 Å². The molecule has 1 aliphatic rings. The number of aliphatic hydroxyl groups excluding tert-OH is 2. The molecule has 5 N–H and O–H groups in total. The summed E-state index contributed by atoms with van der Waals surface area (Å²) in [7, 11) is 1.59. The Labute approximate surface area is 269 Å². The molecular formula is C32H48N4O10. The number of carbonyl (C=O) groups is 5. The van der Waals surface area contributed by atoms with E-state index in [4.69, 9.17) is 14.2 Å². The summed E-state index contributed by atoms with van der Waals surface area (Å²) in [5.41, 5.74) is 1.20. The predicted octanol–water partition coefficient (Wildman–Crippen LogP) is 1.73. The molecule has 1 aromatic carbocycles. The average molecular weight is 649 g/mol. The number of esters is 1. The van der Waals surface area contributed by atoms with Gasteiger partial charge in [0.15, 0.2) is 0 Å². The number of rotatable bonds is 18. The number of ether oxygens (including phenoxy) is 3. The summed E-state index contributed by atoms with van der Waals surface area (Å²) in [6.45, 7) is 8.46. The van der Waals surface area contributed by atoms with Crippen LogP contribution >= 0.6 is 0 Å². The molecule has 256 valence electrons. The minimum absolute atomic E-state index is 0.0107.